The lowest BCUT2D eigenvalue weighted by Gasteiger charge is -2.37. The van der Waals surface area contributed by atoms with Gasteiger partial charge in [0.25, 0.3) is 0 Å². The molecule has 0 spiro atoms. The van der Waals surface area contributed by atoms with Gasteiger partial charge in [0.2, 0.25) is 5.91 Å². The number of nitrogens with zero attached hydrogens (tertiary/aromatic N) is 1. The monoisotopic (exact) mass is 270 g/mol. The number of amides is 1. The van der Waals surface area contributed by atoms with Gasteiger partial charge in [0.15, 0.2) is 0 Å². The molecule has 110 valence electrons. The highest BCUT2D eigenvalue weighted by molar-refractivity contribution is 5.80. The van der Waals surface area contributed by atoms with Crippen molar-refractivity contribution in [1.82, 2.24) is 10.2 Å². The number of likely N-dealkylation sites (tertiary alicyclic amines) is 1. The molecule has 1 aliphatic heterocycles. The molecule has 0 aromatic heterocycles. The van der Waals surface area contributed by atoms with Gasteiger partial charge in [0.1, 0.15) is 6.04 Å². The number of aliphatic carboxylic acids is 1. The fraction of sp³-hybridized carbons (Fsp3) is 0.857. The molecule has 2 atom stereocenters. The summed E-state index contributed by atoms with van der Waals surface area (Å²) in [6.07, 6.45) is 2.71. The third kappa shape index (κ3) is 4.49. The molecule has 1 fully saturated rings. The average molecular weight is 270 g/mol. The Morgan fingerprint density at radius 1 is 1.42 bits per heavy atom. The van der Waals surface area contributed by atoms with Crippen molar-refractivity contribution in [2.24, 2.45) is 5.92 Å². The summed E-state index contributed by atoms with van der Waals surface area (Å²) in [6.45, 7) is 8.75. The molecule has 1 rings (SSSR count). The Balaban J connectivity index is 2.63. The Bertz CT molecular complexity index is 342. The second kappa shape index (κ2) is 6.37. The fourth-order valence-corrected chi connectivity index (χ4v) is 2.54. The Morgan fingerprint density at radius 3 is 2.58 bits per heavy atom. The molecule has 0 radical (unpaired) electrons. The third-order valence-corrected chi connectivity index (χ3v) is 4.00. The van der Waals surface area contributed by atoms with Crippen molar-refractivity contribution < 1.29 is 14.7 Å². The van der Waals surface area contributed by atoms with Crippen LogP contribution in [0.3, 0.4) is 0 Å². The minimum atomic E-state index is -0.824. The van der Waals surface area contributed by atoms with Crippen LogP contribution in [0, 0.1) is 5.92 Å². The Kier molecular flexibility index (Phi) is 5.35. The summed E-state index contributed by atoms with van der Waals surface area (Å²) in [5.74, 6) is -0.819. The molecule has 0 aromatic carbocycles. The summed E-state index contributed by atoms with van der Waals surface area (Å²) < 4.78 is 0. The zero-order chi connectivity index (χ0) is 14.6. The van der Waals surface area contributed by atoms with Gasteiger partial charge in [0, 0.05) is 5.54 Å². The molecular formula is C14H26N2O3. The van der Waals surface area contributed by atoms with Crippen LogP contribution in [0.25, 0.3) is 0 Å². The zero-order valence-electron chi connectivity index (χ0n) is 12.4. The van der Waals surface area contributed by atoms with Crippen molar-refractivity contribution >= 4 is 11.9 Å². The third-order valence-electron chi connectivity index (χ3n) is 4.00. The largest absolute Gasteiger partial charge is 0.480 e. The standard InChI is InChI=1S/C14H26N2O3/c1-5-14(3,4)15-11(17)9-16-8-6-7-10(2)12(16)13(18)19/h10,12H,5-9H2,1-4H3,(H,15,17)(H,18,19). The zero-order valence-corrected chi connectivity index (χ0v) is 12.4. The molecule has 0 bridgehead atoms. The van der Waals surface area contributed by atoms with E-state index in [0.29, 0.717) is 6.54 Å². The second-order valence-electron chi connectivity index (χ2n) is 6.16. The van der Waals surface area contributed by atoms with Gasteiger partial charge in [-0.15, -0.1) is 0 Å². The lowest BCUT2D eigenvalue weighted by atomic mass is 9.91. The van der Waals surface area contributed by atoms with E-state index in [0.717, 1.165) is 19.3 Å². The Hall–Kier alpha value is -1.10. The SMILES string of the molecule is CCC(C)(C)NC(=O)CN1CCCC(C)C1C(=O)O. The van der Waals surface area contributed by atoms with Crippen molar-refractivity contribution in [2.75, 3.05) is 13.1 Å². The molecule has 1 saturated heterocycles. The molecule has 2 N–H and O–H groups in total. The molecule has 0 aromatic rings. The van der Waals surface area contributed by atoms with Gasteiger partial charge in [-0.1, -0.05) is 13.8 Å². The van der Waals surface area contributed by atoms with E-state index < -0.39 is 12.0 Å². The number of carboxylic acids is 1. The van der Waals surface area contributed by atoms with E-state index in [1.807, 2.05) is 27.7 Å². The topological polar surface area (TPSA) is 69.6 Å². The normalized spacial score (nSPS) is 25.1. The molecule has 1 aliphatic rings. The van der Waals surface area contributed by atoms with Crippen molar-refractivity contribution in [3.05, 3.63) is 0 Å². The van der Waals surface area contributed by atoms with Gasteiger partial charge in [-0.3, -0.25) is 14.5 Å². The van der Waals surface area contributed by atoms with Crippen LogP contribution in [0.4, 0.5) is 0 Å². The number of nitrogens with one attached hydrogen (secondary N) is 1. The number of hydrogen-bond acceptors (Lipinski definition) is 3. The number of carbonyl (C=O) groups excluding carboxylic acids is 1. The van der Waals surface area contributed by atoms with Crippen LogP contribution in [0.2, 0.25) is 0 Å². The van der Waals surface area contributed by atoms with Crippen LogP contribution < -0.4 is 5.32 Å². The smallest absolute Gasteiger partial charge is 0.321 e. The maximum atomic E-state index is 12.0. The Labute approximate surface area is 115 Å². The van der Waals surface area contributed by atoms with E-state index in [2.05, 4.69) is 5.32 Å². The van der Waals surface area contributed by atoms with Crippen LogP contribution in [-0.4, -0.2) is 46.6 Å². The van der Waals surface area contributed by atoms with Crippen LogP contribution in [-0.2, 0) is 9.59 Å². The summed E-state index contributed by atoms with van der Waals surface area (Å²) in [4.78, 5) is 25.1. The molecular weight excluding hydrogens is 244 g/mol. The predicted octanol–water partition coefficient (Wildman–Crippen LogP) is 1.48. The molecule has 1 heterocycles. The summed E-state index contributed by atoms with van der Waals surface area (Å²) in [5, 5.41) is 12.3. The van der Waals surface area contributed by atoms with E-state index in [4.69, 9.17) is 0 Å². The first kappa shape index (κ1) is 16.0. The van der Waals surface area contributed by atoms with Crippen LogP contribution in [0.15, 0.2) is 0 Å². The van der Waals surface area contributed by atoms with Crippen LogP contribution in [0.1, 0.15) is 47.0 Å². The molecule has 19 heavy (non-hydrogen) atoms. The average Bonchev–Trinajstić information content (AvgIpc) is 2.27. The lowest BCUT2D eigenvalue weighted by molar-refractivity contribution is -0.147. The molecule has 1 amide bonds. The van der Waals surface area contributed by atoms with E-state index in [-0.39, 0.29) is 23.9 Å². The fourth-order valence-electron chi connectivity index (χ4n) is 2.54. The quantitative estimate of drug-likeness (QED) is 0.794. The predicted molar refractivity (Wildman–Crippen MR) is 73.9 cm³/mol. The molecule has 5 nitrogen and oxygen atoms in total. The molecule has 0 aliphatic carbocycles. The van der Waals surface area contributed by atoms with Crippen LogP contribution in [0.5, 0.6) is 0 Å². The van der Waals surface area contributed by atoms with Crippen molar-refractivity contribution in [3.63, 3.8) is 0 Å². The summed E-state index contributed by atoms with van der Waals surface area (Å²) in [7, 11) is 0. The van der Waals surface area contributed by atoms with Crippen LogP contribution >= 0.6 is 0 Å². The van der Waals surface area contributed by atoms with Gasteiger partial charge in [-0.2, -0.15) is 0 Å². The highest BCUT2D eigenvalue weighted by Crippen LogP contribution is 2.23. The minimum absolute atomic E-state index is 0.0906. The summed E-state index contributed by atoms with van der Waals surface area (Å²) in [6, 6.07) is -0.538. The highest BCUT2D eigenvalue weighted by atomic mass is 16.4. The van der Waals surface area contributed by atoms with E-state index in [9.17, 15) is 14.7 Å². The van der Waals surface area contributed by atoms with E-state index in [1.54, 1.807) is 4.90 Å². The number of carbonyl (C=O) groups is 2. The Morgan fingerprint density at radius 2 is 2.05 bits per heavy atom. The number of carboxylic acid groups (broad SMARTS) is 1. The maximum absolute atomic E-state index is 12.0. The van der Waals surface area contributed by atoms with E-state index in [1.165, 1.54) is 0 Å². The summed E-state index contributed by atoms with van der Waals surface area (Å²) in [5.41, 5.74) is -0.239. The lowest BCUT2D eigenvalue weighted by Crippen LogP contribution is -2.54. The molecule has 0 saturated carbocycles. The van der Waals surface area contributed by atoms with E-state index >= 15 is 0 Å². The molecule has 2 unspecified atom stereocenters. The van der Waals surface area contributed by atoms with Gasteiger partial charge in [-0.05, 0) is 45.6 Å². The number of hydrogen-bond donors (Lipinski definition) is 2. The van der Waals surface area contributed by atoms with Gasteiger partial charge >= 0.3 is 5.97 Å². The first-order valence-electron chi connectivity index (χ1n) is 7.04. The molecule has 5 heteroatoms. The van der Waals surface area contributed by atoms with Gasteiger partial charge < -0.3 is 10.4 Å². The van der Waals surface area contributed by atoms with Gasteiger partial charge in [-0.25, -0.2) is 0 Å². The number of rotatable bonds is 5. The second-order valence-corrected chi connectivity index (χ2v) is 6.16. The summed E-state index contributed by atoms with van der Waals surface area (Å²) >= 11 is 0. The van der Waals surface area contributed by atoms with Crippen molar-refractivity contribution in [1.29, 1.82) is 0 Å². The van der Waals surface area contributed by atoms with Gasteiger partial charge in [0.05, 0.1) is 6.54 Å². The minimum Gasteiger partial charge on any atom is -0.480 e. The van der Waals surface area contributed by atoms with Crippen molar-refractivity contribution in [3.8, 4) is 0 Å². The first-order valence-corrected chi connectivity index (χ1v) is 7.04. The first-order chi connectivity index (χ1) is 8.76. The maximum Gasteiger partial charge on any atom is 0.321 e. The van der Waals surface area contributed by atoms with Crippen molar-refractivity contribution in [2.45, 2.75) is 58.5 Å². The number of piperidine rings is 1. The highest BCUT2D eigenvalue weighted by Gasteiger charge is 2.35.